The molecule has 0 aliphatic carbocycles. The summed E-state index contributed by atoms with van der Waals surface area (Å²) in [6.45, 7) is 8.10. The van der Waals surface area contributed by atoms with Gasteiger partial charge in [-0.3, -0.25) is 0 Å². The van der Waals surface area contributed by atoms with Crippen LogP contribution in [0.5, 0.6) is 0 Å². The van der Waals surface area contributed by atoms with E-state index in [0.29, 0.717) is 5.02 Å². The van der Waals surface area contributed by atoms with Crippen molar-refractivity contribution in [1.82, 2.24) is 9.97 Å². The van der Waals surface area contributed by atoms with Crippen molar-refractivity contribution in [3.05, 3.63) is 23.5 Å². The monoisotopic (exact) mass is 278 g/mol. The zero-order chi connectivity index (χ0) is 13.8. The SMILES string of the molecule is CC1(C)OB(c2c(Cl)cnc3[nH]ccc23)OC1(C)C. The summed E-state index contributed by atoms with van der Waals surface area (Å²) in [6.07, 6.45) is 3.46. The summed E-state index contributed by atoms with van der Waals surface area (Å²) in [5.41, 5.74) is 0.862. The van der Waals surface area contributed by atoms with Crippen LogP contribution in [-0.2, 0) is 9.31 Å². The van der Waals surface area contributed by atoms with E-state index < -0.39 is 7.12 Å². The molecule has 2 aromatic rings. The second-order valence-corrected chi connectivity index (χ2v) is 6.26. The molecule has 0 aromatic carbocycles. The lowest BCUT2D eigenvalue weighted by Gasteiger charge is -2.32. The molecule has 6 heteroatoms. The van der Waals surface area contributed by atoms with Crippen LogP contribution >= 0.6 is 11.6 Å². The lowest BCUT2D eigenvalue weighted by molar-refractivity contribution is 0.00578. The molecular weight excluding hydrogens is 262 g/mol. The minimum Gasteiger partial charge on any atom is -0.399 e. The predicted molar refractivity (Wildman–Crippen MR) is 76.8 cm³/mol. The van der Waals surface area contributed by atoms with Crippen LogP contribution in [0.3, 0.4) is 0 Å². The van der Waals surface area contributed by atoms with Gasteiger partial charge in [0.2, 0.25) is 0 Å². The standard InChI is InChI=1S/C13H16BClN2O2/c1-12(2)13(3,4)19-14(18-12)10-8-5-6-16-11(8)17-7-9(10)15/h5-7H,1-4H3,(H,16,17). The molecule has 0 spiro atoms. The van der Waals surface area contributed by atoms with Crippen molar-refractivity contribution in [2.24, 2.45) is 0 Å². The van der Waals surface area contributed by atoms with E-state index in [1.807, 2.05) is 40.0 Å². The molecule has 3 rings (SSSR count). The van der Waals surface area contributed by atoms with E-state index in [1.165, 1.54) is 0 Å². The Balaban J connectivity index is 2.12. The van der Waals surface area contributed by atoms with Crippen LogP contribution in [0.2, 0.25) is 5.02 Å². The maximum Gasteiger partial charge on any atom is 0.497 e. The van der Waals surface area contributed by atoms with Crippen molar-refractivity contribution in [2.45, 2.75) is 38.9 Å². The Kier molecular flexibility index (Phi) is 2.72. The summed E-state index contributed by atoms with van der Waals surface area (Å²) in [5.74, 6) is 0. The third-order valence-electron chi connectivity index (χ3n) is 4.07. The molecule has 100 valence electrons. The molecule has 0 saturated carbocycles. The summed E-state index contributed by atoms with van der Waals surface area (Å²) in [7, 11) is -0.473. The van der Waals surface area contributed by atoms with Crippen LogP contribution in [0.4, 0.5) is 0 Å². The fraction of sp³-hybridized carbons (Fsp3) is 0.462. The van der Waals surface area contributed by atoms with Gasteiger partial charge < -0.3 is 14.3 Å². The van der Waals surface area contributed by atoms with Crippen LogP contribution in [0.25, 0.3) is 11.0 Å². The first kappa shape index (κ1) is 13.0. The minimum absolute atomic E-state index is 0.382. The Bertz CT molecular complexity index is 623. The molecule has 1 saturated heterocycles. The van der Waals surface area contributed by atoms with E-state index in [2.05, 4.69) is 9.97 Å². The summed E-state index contributed by atoms with van der Waals surface area (Å²) in [4.78, 5) is 7.32. The lowest BCUT2D eigenvalue weighted by Crippen LogP contribution is -2.41. The predicted octanol–water partition coefficient (Wildman–Crippen LogP) is 2.52. The topological polar surface area (TPSA) is 47.1 Å². The molecule has 0 radical (unpaired) electrons. The molecule has 1 aliphatic heterocycles. The van der Waals surface area contributed by atoms with Crippen LogP contribution in [-0.4, -0.2) is 28.3 Å². The molecule has 4 nitrogen and oxygen atoms in total. The maximum absolute atomic E-state index is 6.29. The van der Waals surface area contributed by atoms with Gasteiger partial charge in [-0.2, -0.15) is 0 Å². The number of nitrogens with one attached hydrogen (secondary N) is 1. The number of halogens is 1. The zero-order valence-electron chi connectivity index (χ0n) is 11.5. The average Bonchev–Trinajstić information content (AvgIpc) is 2.81. The average molecular weight is 279 g/mol. The van der Waals surface area contributed by atoms with Gasteiger partial charge in [0.05, 0.1) is 16.2 Å². The highest BCUT2D eigenvalue weighted by atomic mass is 35.5. The second kappa shape index (κ2) is 3.98. The smallest absolute Gasteiger partial charge is 0.399 e. The van der Waals surface area contributed by atoms with Crippen LogP contribution < -0.4 is 5.46 Å². The first-order chi connectivity index (χ1) is 8.82. The van der Waals surface area contributed by atoms with Crippen molar-refractivity contribution < 1.29 is 9.31 Å². The van der Waals surface area contributed by atoms with E-state index in [1.54, 1.807) is 6.20 Å². The molecule has 1 aliphatic rings. The minimum atomic E-state index is -0.473. The zero-order valence-corrected chi connectivity index (χ0v) is 12.2. The van der Waals surface area contributed by atoms with Gasteiger partial charge >= 0.3 is 7.12 Å². The summed E-state index contributed by atoms with van der Waals surface area (Å²) in [6, 6.07) is 1.94. The normalized spacial score (nSPS) is 21.2. The molecule has 3 heterocycles. The molecule has 19 heavy (non-hydrogen) atoms. The number of hydrogen-bond donors (Lipinski definition) is 1. The fourth-order valence-corrected chi connectivity index (χ4v) is 2.44. The van der Waals surface area contributed by atoms with Gasteiger partial charge in [-0.1, -0.05) is 11.6 Å². The molecular formula is C13H16BClN2O2. The number of aromatic amines is 1. The summed E-state index contributed by atoms with van der Waals surface area (Å²) < 4.78 is 12.1. The van der Waals surface area contributed by atoms with E-state index in [-0.39, 0.29) is 11.2 Å². The van der Waals surface area contributed by atoms with E-state index >= 15 is 0 Å². The van der Waals surface area contributed by atoms with Crippen LogP contribution in [0.15, 0.2) is 18.5 Å². The number of aromatic nitrogens is 2. The first-order valence-corrected chi connectivity index (χ1v) is 6.67. The number of pyridine rings is 1. The van der Waals surface area contributed by atoms with Crippen LogP contribution in [0, 0.1) is 0 Å². The van der Waals surface area contributed by atoms with Crippen molar-refractivity contribution in [3.63, 3.8) is 0 Å². The van der Waals surface area contributed by atoms with Gasteiger partial charge in [0.1, 0.15) is 5.65 Å². The maximum atomic E-state index is 6.29. The molecule has 0 bridgehead atoms. The largest absolute Gasteiger partial charge is 0.497 e. The number of nitrogens with zero attached hydrogens (tertiary/aromatic N) is 1. The van der Waals surface area contributed by atoms with Crippen molar-refractivity contribution in [3.8, 4) is 0 Å². The number of hydrogen-bond acceptors (Lipinski definition) is 3. The summed E-state index contributed by atoms with van der Waals surface area (Å²) in [5, 5.41) is 1.50. The van der Waals surface area contributed by atoms with Crippen molar-refractivity contribution in [2.75, 3.05) is 0 Å². The number of H-pyrrole nitrogens is 1. The number of fused-ring (bicyclic) bond motifs is 1. The summed E-state index contributed by atoms with van der Waals surface area (Å²) >= 11 is 6.29. The van der Waals surface area contributed by atoms with E-state index in [0.717, 1.165) is 16.5 Å². The van der Waals surface area contributed by atoms with Gasteiger partial charge in [-0.05, 0) is 33.8 Å². The fourth-order valence-electron chi connectivity index (χ4n) is 2.20. The molecule has 1 N–H and O–H groups in total. The van der Waals surface area contributed by atoms with Gasteiger partial charge in [-0.15, -0.1) is 0 Å². The quantitative estimate of drug-likeness (QED) is 0.815. The Morgan fingerprint density at radius 2 is 1.84 bits per heavy atom. The highest BCUT2D eigenvalue weighted by Crippen LogP contribution is 2.37. The molecule has 0 amide bonds. The first-order valence-electron chi connectivity index (χ1n) is 6.29. The highest BCUT2D eigenvalue weighted by Gasteiger charge is 2.52. The third kappa shape index (κ3) is 1.88. The van der Waals surface area contributed by atoms with Crippen molar-refractivity contribution >= 4 is 35.2 Å². The Labute approximate surface area is 117 Å². The van der Waals surface area contributed by atoms with Gasteiger partial charge in [0, 0.05) is 23.2 Å². The molecule has 0 atom stereocenters. The second-order valence-electron chi connectivity index (χ2n) is 5.85. The van der Waals surface area contributed by atoms with E-state index in [4.69, 9.17) is 20.9 Å². The molecule has 0 unspecified atom stereocenters. The van der Waals surface area contributed by atoms with Gasteiger partial charge in [0.15, 0.2) is 0 Å². The van der Waals surface area contributed by atoms with Gasteiger partial charge in [0.25, 0.3) is 0 Å². The highest BCUT2D eigenvalue weighted by molar-refractivity contribution is 6.68. The molecule has 2 aromatic heterocycles. The van der Waals surface area contributed by atoms with Crippen molar-refractivity contribution in [1.29, 1.82) is 0 Å². The Morgan fingerprint density at radius 3 is 2.47 bits per heavy atom. The molecule has 1 fully saturated rings. The Hall–Kier alpha value is -1.04. The number of rotatable bonds is 1. The lowest BCUT2D eigenvalue weighted by atomic mass is 9.77. The van der Waals surface area contributed by atoms with E-state index in [9.17, 15) is 0 Å². The van der Waals surface area contributed by atoms with Gasteiger partial charge in [-0.25, -0.2) is 4.98 Å². The third-order valence-corrected chi connectivity index (χ3v) is 4.37. The Morgan fingerprint density at radius 1 is 1.21 bits per heavy atom. The van der Waals surface area contributed by atoms with Crippen LogP contribution in [0.1, 0.15) is 27.7 Å².